The van der Waals surface area contributed by atoms with Gasteiger partial charge in [-0.15, -0.1) is 0 Å². The maximum absolute atomic E-state index is 11.4. The van der Waals surface area contributed by atoms with Crippen LogP contribution in [-0.4, -0.2) is 11.6 Å². The highest BCUT2D eigenvalue weighted by Crippen LogP contribution is 2.36. The van der Waals surface area contributed by atoms with Gasteiger partial charge in [-0.25, -0.2) is 4.79 Å². The molecule has 0 heterocycles. The Labute approximate surface area is 99.1 Å². The van der Waals surface area contributed by atoms with Gasteiger partial charge < -0.3 is 4.74 Å². The van der Waals surface area contributed by atoms with E-state index in [-0.39, 0.29) is 11.6 Å². The number of carbonyl (C=O) groups is 1. The van der Waals surface area contributed by atoms with Gasteiger partial charge in [-0.05, 0) is 31.6 Å². The van der Waals surface area contributed by atoms with Crippen molar-refractivity contribution in [2.45, 2.75) is 64.4 Å². The lowest BCUT2D eigenvalue weighted by Crippen LogP contribution is -2.40. The average Bonchev–Trinajstić information content (AvgIpc) is 2.21. The number of hydrogen-bond donors (Lipinski definition) is 0. The molecule has 92 valence electrons. The summed E-state index contributed by atoms with van der Waals surface area (Å²) in [5.74, 6) is 0.115. The Morgan fingerprint density at radius 2 is 1.69 bits per heavy atom. The number of esters is 1. The van der Waals surface area contributed by atoms with Gasteiger partial charge in [0.05, 0.1) is 0 Å². The van der Waals surface area contributed by atoms with E-state index < -0.39 is 0 Å². The first kappa shape index (κ1) is 13.3. The highest BCUT2D eigenvalue weighted by atomic mass is 16.6. The minimum Gasteiger partial charge on any atom is -0.456 e. The molecule has 1 saturated carbocycles. The van der Waals surface area contributed by atoms with Crippen molar-refractivity contribution in [3.05, 3.63) is 12.7 Å². The van der Waals surface area contributed by atoms with Crippen LogP contribution in [0.1, 0.15) is 58.8 Å². The van der Waals surface area contributed by atoms with Crippen LogP contribution in [0.4, 0.5) is 0 Å². The third-order valence-corrected chi connectivity index (χ3v) is 3.72. The molecule has 2 heteroatoms. The van der Waals surface area contributed by atoms with E-state index in [1.165, 1.54) is 38.2 Å². The Hall–Kier alpha value is -0.790. The number of hydrogen-bond acceptors (Lipinski definition) is 2. The van der Waals surface area contributed by atoms with Gasteiger partial charge in [-0.1, -0.05) is 39.7 Å². The molecule has 1 aliphatic rings. The van der Waals surface area contributed by atoms with Crippen molar-refractivity contribution in [2.24, 2.45) is 5.92 Å². The molecule has 0 aromatic heterocycles. The topological polar surface area (TPSA) is 26.3 Å². The molecule has 0 amide bonds. The van der Waals surface area contributed by atoms with Crippen LogP contribution >= 0.6 is 0 Å². The zero-order chi connectivity index (χ0) is 12.0. The third kappa shape index (κ3) is 3.36. The van der Waals surface area contributed by atoms with Crippen molar-refractivity contribution < 1.29 is 9.53 Å². The molecule has 1 fully saturated rings. The average molecular weight is 224 g/mol. The second-order valence-electron chi connectivity index (χ2n) is 5.11. The highest BCUT2D eigenvalue weighted by molar-refractivity contribution is 5.81. The second-order valence-corrected chi connectivity index (χ2v) is 5.11. The Bertz CT molecular complexity index is 235. The SMILES string of the molecule is C=CC(=O)OC1(C(C)C)CCCCCCC1. The van der Waals surface area contributed by atoms with Crippen molar-refractivity contribution in [2.75, 3.05) is 0 Å². The second kappa shape index (κ2) is 6.07. The molecule has 1 aliphatic carbocycles. The van der Waals surface area contributed by atoms with E-state index in [1.54, 1.807) is 0 Å². The Kier molecular flexibility index (Phi) is 5.04. The predicted octanol–water partition coefficient (Wildman–Crippen LogP) is 3.85. The lowest BCUT2D eigenvalue weighted by atomic mass is 9.79. The van der Waals surface area contributed by atoms with Crippen LogP contribution in [0.2, 0.25) is 0 Å². The van der Waals surface area contributed by atoms with Crippen molar-refractivity contribution in [3.8, 4) is 0 Å². The van der Waals surface area contributed by atoms with Gasteiger partial charge in [-0.2, -0.15) is 0 Å². The van der Waals surface area contributed by atoms with Crippen molar-refractivity contribution in [1.29, 1.82) is 0 Å². The van der Waals surface area contributed by atoms with Gasteiger partial charge in [0.25, 0.3) is 0 Å². The minimum absolute atomic E-state index is 0.244. The van der Waals surface area contributed by atoms with Crippen LogP contribution in [0, 0.1) is 5.92 Å². The minimum atomic E-state index is -0.269. The molecule has 0 aromatic carbocycles. The third-order valence-electron chi connectivity index (χ3n) is 3.72. The molecule has 0 unspecified atom stereocenters. The van der Waals surface area contributed by atoms with E-state index in [9.17, 15) is 4.79 Å². The molecular formula is C14H24O2. The van der Waals surface area contributed by atoms with Gasteiger partial charge in [0, 0.05) is 6.08 Å². The molecule has 0 aromatic rings. The Morgan fingerprint density at radius 3 is 2.12 bits per heavy atom. The zero-order valence-corrected chi connectivity index (χ0v) is 10.6. The first-order chi connectivity index (χ1) is 7.60. The first-order valence-corrected chi connectivity index (χ1v) is 6.46. The largest absolute Gasteiger partial charge is 0.456 e. The summed E-state index contributed by atoms with van der Waals surface area (Å²) in [6.07, 6.45) is 9.48. The monoisotopic (exact) mass is 224 g/mol. The molecule has 0 N–H and O–H groups in total. The summed E-state index contributed by atoms with van der Waals surface area (Å²) in [7, 11) is 0. The maximum Gasteiger partial charge on any atom is 0.330 e. The fraction of sp³-hybridized carbons (Fsp3) is 0.786. The van der Waals surface area contributed by atoms with Crippen LogP contribution in [0.5, 0.6) is 0 Å². The molecule has 0 saturated heterocycles. The summed E-state index contributed by atoms with van der Waals surface area (Å²) in [5.41, 5.74) is -0.244. The Balaban J connectivity index is 2.74. The number of rotatable bonds is 3. The van der Waals surface area contributed by atoms with Crippen LogP contribution in [0.15, 0.2) is 12.7 Å². The van der Waals surface area contributed by atoms with Crippen molar-refractivity contribution >= 4 is 5.97 Å². The molecule has 16 heavy (non-hydrogen) atoms. The molecule has 1 rings (SSSR count). The normalized spacial score (nSPS) is 20.9. The lowest BCUT2D eigenvalue weighted by Gasteiger charge is -2.38. The summed E-state index contributed by atoms with van der Waals surface area (Å²) in [6, 6.07) is 0. The summed E-state index contributed by atoms with van der Waals surface area (Å²) in [5, 5.41) is 0. The fourth-order valence-electron chi connectivity index (χ4n) is 2.54. The Morgan fingerprint density at radius 1 is 1.19 bits per heavy atom. The van der Waals surface area contributed by atoms with Crippen molar-refractivity contribution in [1.82, 2.24) is 0 Å². The number of ether oxygens (including phenoxy) is 1. The van der Waals surface area contributed by atoms with E-state index in [0.29, 0.717) is 5.92 Å². The van der Waals surface area contributed by atoms with E-state index in [2.05, 4.69) is 20.4 Å². The van der Waals surface area contributed by atoms with E-state index in [1.807, 2.05) is 0 Å². The summed E-state index contributed by atoms with van der Waals surface area (Å²) in [4.78, 5) is 11.4. The van der Waals surface area contributed by atoms with Crippen LogP contribution in [0.3, 0.4) is 0 Å². The van der Waals surface area contributed by atoms with Gasteiger partial charge in [0.1, 0.15) is 5.60 Å². The smallest absolute Gasteiger partial charge is 0.330 e. The predicted molar refractivity (Wildman–Crippen MR) is 66.2 cm³/mol. The molecule has 0 aliphatic heterocycles. The molecule has 0 atom stereocenters. The van der Waals surface area contributed by atoms with E-state index in [0.717, 1.165) is 12.8 Å². The van der Waals surface area contributed by atoms with Gasteiger partial charge in [0.2, 0.25) is 0 Å². The molecular weight excluding hydrogens is 200 g/mol. The van der Waals surface area contributed by atoms with E-state index in [4.69, 9.17) is 4.74 Å². The summed E-state index contributed by atoms with van der Waals surface area (Å²) < 4.78 is 5.67. The van der Waals surface area contributed by atoms with Gasteiger partial charge >= 0.3 is 5.97 Å². The first-order valence-electron chi connectivity index (χ1n) is 6.46. The fourth-order valence-corrected chi connectivity index (χ4v) is 2.54. The van der Waals surface area contributed by atoms with Crippen LogP contribution in [0.25, 0.3) is 0 Å². The standard InChI is InChI=1S/C14H24O2/c1-4-13(15)16-14(12(2)3)10-8-6-5-7-9-11-14/h4,12H,1,5-11H2,2-3H3. The molecule has 0 radical (unpaired) electrons. The summed E-state index contributed by atoms with van der Waals surface area (Å²) in [6.45, 7) is 7.79. The van der Waals surface area contributed by atoms with Gasteiger partial charge in [0.15, 0.2) is 0 Å². The van der Waals surface area contributed by atoms with Gasteiger partial charge in [-0.3, -0.25) is 0 Å². The molecule has 2 nitrogen and oxygen atoms in total. The number of carbonyl (C=O) groups excluding carboxylic acids is 1. The van der Waals surface area contributed by atoms with Crippen LogP contribution < -0.4 is 0 Å². The van der Waals surface area contributed by atoms with Crippen molar-refractivity contribution in [3.63, 3.8) is 0 Å². The summed E-state index contributed by atoms with van der Waals surface area (Å²) >= 11 is 0. The molecule has 0 bridgehead atoms. The lowest BCUT2D eigenvalue weighted by molar-refractivity contribution is -0.161. The maximum atomic E-state index is 11.4. The van der Waals surface area contributed by atoms with Crippen LogP contribution in [-0.2, 0) is 9.53 Å². The molecule has 0 spiro atoms. The quantitative estimate of drug-likeness (QED) is 0.537. The highest BCUT2D eigenvalue weighted by Gasteiger charge is 2.36. The zero-order valence-electron chi connectivity index (χ0n) is 10.6. The van der Waals surface area contributed by atoms with E-state index >= 15 is 0 Å².